The van der Waals surface area contributed by atoms with Crippen LogP contribution < -0.4 is 4.74 Å². The van der Waals surface area contributed by atoms with Gasteiger partial charge in [-0.2, -0.15) is 4.31 Å². The molecule has 0 N–H and O–H groups in total. The maximum atomic E-state index is 13.3. The Balaban J connectivity index is 1.33. The summed E-state index contributed by atoms with van der Waals surface area (Å²) < 4.78 is 35.7. The van der Waals surface area contributed by atoms with Gasteiger partial charge in [-0.15, -0.1) is 0 Å². The summed E-state index contributed by atoms with van der Waals surface area (Å²) in [5.41, 5.74) is 1.91. The molecule has 0 aliphatic carbocycles. The lowest BCUT2D eigenvalue weighted by Gasteiger charge is -2.31. The number of carbonyl (C=O) groups excluding carboxylic acids is 1. The first-order chi connectivity index (χ1) is 18.3. The van der Waals surface area contributed by atoms with E-state index in [0.29, 0.717) is 31.7 Å². The van der Waals surface area contributed by atoms with Gasteiger partial charge in [-0.05, 0) is 86.7 Å². The summed E-state index contributed by atoms with van der Waals surface area (Å²) in [5.74, 6) is 0.844. The van der Waals surface area contributed by atoms with Gasteiger partial charge >= 0.3 is 0 Å². The zero-order valence-electron chi connectivity index (χ0n) is 21.5. The molecule has 9 heteroatoms. The largest absolute Gasteiger partial charge is 0.491 e. The van der Waals surface area contributed by atoms with Crippen LogP contribution in [0, 0.1) is 0 Å². The Bertz CT molecular complexity index is 1510. The summed E-state index contributed by atoms with van der Waals surface area (Å²) in [6, 6.07) is 20.8. The molecule has 0 spiro atoms. The molecular weight excluding hydrogens is 518 g/mol. The van der Waals surface area contributed by atoms with Crippen LogP contribution in [0.2, 0.25) is 0 Å². The van der Waals surface area contributed by atoms with E-state index in [-0.39, 0.29) is 23.5 Å². The fraction of sp³-hybridized carbons (Fsp3) is 0.310. The molecule has 38 heavy (non-hydrogen) atoms. The van der Waals surface area contributed by atoms with Crippen molar-refractivity contribution in [1.82, 2.24) is 13.9 Å². The molecule has 7 nitrogen and oxygen atoms in total. The van der Waals surface area contributed by atoms with Crippen molar-refractivity contribution in [3.05, 3.63) is 78.5 Å². The second kappa shape index (κ2) is 11.3. The molecule has 198 valence electrons. The number of carbonyl (C=O) groups is 1. The molecule has 0 bridgehead atoms. The van der Waals surface area contributed by atoms with E-state index in [0.717, 1.165) is 32.8 Å². The molecule has 0 unspecified atom stereocenters. The minimum absolute atomic E-state index is 0.0263. The topological polar surface area (TPSA) is 81.5 Å². The molecule has 1 saturated heterocycles. The number of aromatic nitrogens is 2. The fourth-order valence-electron chi connectivity index (χ4n) is 4.90. The Morgan fingerprint density at radius 1 is 1.03 bits per heavy atom. The van der Waals surface area contributed by atoms with E-state index in [1.807, 2.05) is 61.0 Å². The van der Waals surface area contributed by atoms with Crippen LogP contribution in [0.1, 0.15) is 38.2 Å². The van der Waals surface area contributed by atoms with Gasteiger partial charge in [0.2, 0.25) is 10.0 Å². The number of hydrogen-bond acceptors (Lipinski definition) is 6. The number of ether oxygens (including phenoxy) is 1. The van der Waals surface area contributed by atoms with Crippen LogP contribution >= 0.6 is 11.8 Å². The van der Waals surface area contributed by atoms with Crippen molar-refractivity contribution in [1.29, 1.82) is 0 Å². The average molecular weight is 550 g/mol. The van der Waals surface area contributed by atoms with Crippen LogP contribution in [-0.2, 0) is 21.4 Å². The molecule has 1 aliphatic heterocycles. The molecule has 4 aromatic rings. The summed E-state index contributed by atoms with van der Waals surface area (Å²) >= 11 is 1.58. The molecular formula is C29H31N3O4S2. The first-order valence-electron chi connectivity index (χ1n) is 12.8. The molecule has 0 amide bonds. The van der Waals surface area contributed by atoms with E-state index in [4.69, 9.17) is 9.72 Å². The van der Waals surface area contributed by atoms with E-state index in [9.17, 15) is 13.2 Å². The van der Waals surface area contributed by atoms with Crippen LogP contribution in [-0.4, -0.2) is 47.8 Å². The number of piperidine rings is 1. The number of aldehydes is 1. The maximum Gasteiger partial charge on any atom is 0.243 e. The Morgan fingerprint density at radius 3 is 2.39 bits per heavy atom. The molecule has 1 aliphatic rings. The zero-order chi connectivity index (χ0) is 26.7. The fourth-order valence-corrected chi connectivity index (χ4v) is 7.18. The van der Waals surface area contributed by atoms with Gasteiger partial charge in [-0.25, -0.2) is 13.4 Å². The van der Waals surface area contributed by atoms with Crippen molar-refractivity contribution < 1.29 is 17.9 Å². The van der Waals surface area contributed by atoms with Gasteiger partial charge in [0.05, 0.1) is 17.5 Å². The number of fused-ring (bicyclic) bond motifs is 1. The van der Waals surface area contributed by atoms with Crippen molar-refractivity contribution in [3.63, 3.8) is 0 Å². The van der Waals surface area contributed by atoms with E-state index in [2.05, 4.69) is 6.07 Å². The SMILES string of the molecule is CC(C)Oc1ccc(S(=O)(=O)N2CCC(c3cn(CC=O)c4nc(Sc5ccccc5)ccc34)CC2)cc1. The van der Waals surface area contributed by atoms with E-state index in [1.54, 1.807) is 40.3 Å². The Morgan fingerprint density at radius 2 is 1.74 bits per heavy atom. The van der Waals surface area contributed by atoms with Gasteiger partial charge in [0, 0.05) is 29.6 Å². The number of rotatable bonds is 9. The summed E-state index contributed by atoms with van der Waals surface area (Å²) in [7, 11) is -3.58. The van der Waals surface area contributed by atoms with Crippen LogP contribution in [0.15, 0.2) is 87.7 Å². The molecule has 2 aromatic carbocycles. The highest BCUT2D eigenvalue weighted by Crippen LogP contribution is 2.37. The second-order valence-electron chi connectivity index (χ2n) is 9.66. The molecule has 0 saturated carbocycles. The van der Waals surface area contributed by atoms with E-state index in [1.165, 1.54) is 0 Å². The van der Waals surface area contributed by atoms with Crippen molar-refractivity contribution in [3.8, 4) is 5.75 Å². The summed E-state index contributed by atoms with van der Waals surface area (Å²) in [6.45, 7) is 4.97. The lowest BCUT2D eigenvalue weighted by molar-refractivity contribution is -0.108. The van der Waals surface area contributed by atoms with Gasteiger partial charge in [0.1, 0.15) is 22.7 Å². The van der Waals surface area contributed by atoms with Crippen molar-refractivity contribution in [2.75, 3.05) is 13.1 Å². The summed E-state index contributed by atoms with van der Waals surface area (Å²) in [4.78, 5) is 17.7. The quantitative estimate of drug-likeness (QED) is 0.248. The standard InChI is InChI=1S/C29H31N3O4S2/c1-21(2)36-23-8-10-25(11-9-23)38(34,35)32-16-14-22(15-17-32)27-20-31(18-19-33)29-26(27)12-13-28(30-29)37-24-6-4-3-5-7-24/h3-13,19-22H,14-18H2,1-2H3. The highest BCUT2D eigenvalue weighted by molar-refractivity contribution is 7.99. The van der Waals surface area contributed by atoms with E-state index < -0.39 is 10.0 Å². The third kappa shape index (κ3) is 5.65. The molecule has 1 fully saturated rings. The van der Waals surface area contributed by atoms with Crippen LogP contribution in [0.3, 0.4) is 0 Å². The molecule has 0 radical (unpaired) electrons. The first kappa shape index (κ1) is 26.5. The van der Waals surface area contributed by atoms with Gasteiger partial charge in [0.15, 0.2) is 0 Å². The van der Waals surface area contributed by atoms with Gasteiger partial charge in [0.25, 0.3) is 0 Å². The zero-order valence-corrected chi connectivity index (χ0v) is 23.1. The Hall–Kier alpha value is -3.14. The predicted octanol–water partition coefficient (Wildman–Crippen LogP) is 5.74. The van der Waals surface area contributed by atoms with E-state index >= 15 is 0 Å². The minimum atomic E-state index is -3.58. The normalized spacial score (nSPS) is 15.2. The Kier molecular flexibility index (Phi) is 7.88. The lowest BCUT2D eigenvalue weighted by atomic mass is 9.90. The molecule has 2 aromatic heterocycles. The summed E-state index contributed by atoms with van der Waals surface area (Å²) in [6.07, 6.45) is 4.33. The minimum Gasteiger partial charge on any atom is -0.491 e. The second-order valence-corrected chi connectivity index (χ2v) is 12.7. The summed E-state index contributed by atoms with van der Waals surface area (Å²) in [5, 5.41) is 1.89. The van der Waals surface area contributed by atoms with Crippen molar-refractivity contribution >= 4 is 39.1 Å². The van der Waals surface area contributed by atoms with Gasteiger partial charge in [-0.3, -0.25) is 0 Å². The number of benzene rings is 2. The Labute approximate surface area is 227 Å². The van der Waals surface area contributed by atoms with Gasteiger partial charge < -0.3 is 14.1 Å². The third-order valence-corrected chi connectivity index (χ3v) is 9.55. The van der Waals surface area contributed by atoms with Gasteiger partial charge in [-0.1, -0.05) is 30.0 Å². The number of sulfonamides is 1. The molecule has 0 atom stereocenters. The van der Waals surface area contributed by atoms with Crippen LogP contribution in [0.4, 0.5) is 0 Å². The smallest absolute Gasteiger partial charge is 0.243 e. The predicted molar refractivity (Wildman–Crippen MR) is 149 cm³/mol. The monoisotopic (exact) mass is 549 g/mol. The highest BCUT2D eigenvalue weighted by Gasteiger charge is 2.31. The van der Waals surface area contributed by atoms with Crippen LogP contribution in [0.25, 0.3) is 11.0 Å². The maximum absolute atomic E-state index is 13.3. The van der Waals surface area contributed by atoms with Crippen molar-refractivity contribution in [2.24, 2.45) is 0 Å². The number of pyridine rings is 1. The lowest BCUT2D eigenvalue weighted by Crippen LogP contribution is -2.37. The molecule has 5 rings (SSSR count). The highest BCUT2D eigenvalue weighted by atomic mass is 32.2. The van der Waals surface area contributed by atoms with Crippen molar-refractivity contribution in [2.45, 2.75) is 60.1 Å². The number of nitrogens with zero attached hydrogens (tertiary/aromatic N) is 3. The average Bonchev–Trinajstić information content (AvgIpc) is 3.27. The number of hydrogen-bond donors (Lipinski definition) is 0. The molecule has 3 heterocycles. The third-order valence-electron chi connectivity index (χ3n) is 6.69. The first-order valence-corrected chi connectivity index (χ1v) is 15.0. The van der Waals surface area contributed by atoms with Crippen LogP contribution in [0.5, 0.6) is 5.75 Å².